The molecule has 0 saturated heterocycles. The molecule has 0 aliphatic rings. The van der Waals surface area contributed by atoms with Crippen molar-refractivity contribution in [1.29, 1.82) is 0 Å². The van der Waals surface area contributed by atoms with Crippen LogP contribution in [0.25, 0.3) is 6.08 Å². The van der Waals surface area contributed by atoms with E-state index in [0.717, 1.165) is 5.56 Å². The number of ketones is 1. The molecule has 0 fully saturated rings. The lowest BCUT2D eigenvalue weighted by atomic mass is 10.1. The molecule has 0 unspecified atom stereocenters. The van der Waals surface area contributed by atoms with Crippen molar-refractivity contribution in [1.82, 2.24) is 0 Å². The van der Waals surface area contributed by atoms with Crippen molar-refractivity contribution in [2.45, 2.75) is 0 Å². The molecular formula is C29H23NO4. The van der Waals surface area contributed by atoms with Gasteiger partial charge >= 0.3 is 6.09 Å². The van der Waals surface area contributed by atoms with Gasteiger partial charge in [0.15, 0.2) is 5.78 Å². The van der Waals surface area contributed by atoms with Gasteiger partial charge in [-0.25, -0.2) is 9.69 Å². The van der Waals surface area contributed by atoms with E-state index in [1.165, 1.54) is 11.0 Å². The van der Waals surface area contributed by atoms with Crippen LogP contribution in [0.1, 0.15) is 15.9 Å². The number of hydrogen-bond donors (Lipinski definition) is 0. The highest BCUT2D eigenvalue weighted by molar-refractivity contribution is 6.07. The summed E-state index contributed by atoms with van der Waals surface area (Å²) < 4.78 is 10.9. The molecule has 168 valence electrons. The molecule has 0 heterocycles. The van der Waals surface area contributed by atoms with E-state index in [0.29, 0.717) is 28.4 Å². The number of para-hydroxylation sites is 3. The van der Waals surface area contributed by atoms with E-state index >= 15 is 0 Å². The predicted molar refractivity (Wildman–Crippen MR) is 134 cm³/mol. The molecule has 5 heteroatoms. The third-order valence-electron chi connectivity index (χ3n) is 5.11. The Labute approximate surface area is 198 Å². The molecule has 4 aromatic rings. The first-order valence-electron chi connectivity index (χ1n) is 10.7. The summed E-state index contributed by atoms with van der Waals surface area (Å²) in [5.41, 5.74) is 2.67. The first kappa shape index (κ1) is 22.6. The number of amides is 1. The van der Waals surface area contributed by atoms with Crippen LogP contribution in [0.15, 0.2) is 115 Å². The highest BCUT2D eigenvalue weighted by Gasteiger charge is 2.20. The zero-order chi connectivity index (χ0) is 23.8. The highest BCUT2D eigenvalue weighted by Crippen LogP contribution is 2.27. The van der Waals surface area contributed by atoms with Crippen molar-refractivity contribution >= 4 is 29.3 Å². The summed E-state index contributed by atoms with van der Waals surface area (Å²) in [6.45, 7) is 0. The van der Waals surface area contributed by atoms with Gasteiger partial charge in [0.05, 0.1) is 18.5 Å². The van der Waals surface area contributed by atoms with Gasteiger partial charge in [-0.05, 0) is 66.7 Å². The molecule has 4 aromatic carbocycles. The number of hydrogen-bond acceptors (Lipinski definition) is 4. The van der Waals surface area contributed by atoms with Crippen LogP contribution in [0.5, 0.6) is 11.5 Å². The Kier molecular flexibility index (Phi) is 7.16. The Balaban J connectivity index is 1.48. The Bertz CT molecular complexity index is 1240. The van der Waals surface area contributed by atoms with Crippen LogP contribution in [0.3, 0.4) is 0 Å². The number of allylic oxidation sites excluding steroid dienone is 1. The average molecular weight is 450 g/mol. The zero-order valence-electron chi connectivity index (χ0n) is 18.6. The van der Waals surface area contributed by atoms with Crippen LogP contribution in [-0.4, -0.2) is 19.0 Å². The molecule has 0 bridgehead atoms. The Hall–Kier alpha value is -4.64. The second-order valence-corrected chi connectivity index (χ2v) is 7.34. The lowest BCUT2D eigenvalue weighted by Gasteiger charge is -2.22. The average Bonchev–Trinajstić information content (AvgIpc) is 2.89. The van der Waals surface area contributed by atoms with Crippen molar-refractivity contribution in [2.24, 2.45) is 0 Å². The Morgan fingerprint density at radius 2 is 1.26 bits per heavy atom. The van der Waals surface area contributed by atoms with Gasteiger partial charge in [0.1, 0.15) is 11.5 Å². The molecule has 0 N–H and O–H groups in total. The van der Waals surface area contributed by atoms with Gasteiger partial charge in [0.2, 0.25) is 0 Å². The second-order valence-electron chi connectivity index (χ2n) is 7.34. The number of ether oxygens (including phenoxy) is 2. The summed E-state index contributed by atoms with van der Waals surface area (Å²) in [4.78, 5) is 27.1. The molecule has 34 heavy (non-hydrogen) atoms. The Morgan fingerprint density at radius 3 is 1.85 bits per heavy atom. The number of methoxy groups -OCH3 is 1. The fourth-order valence-electron chi connectivity index (χ4n) is 3.41. The third-order valence-corrected chi connectivity index (χ3v) is 5.11. The molecule has 4 rings (SSSR count). The van der Waals surface area contributed by atoms with Gasteiger partial charge in [-0.2, -0.15) is 0 Å². The number of rotatable bonds is 7. The van der Waals surface area contributed by atoms with E-state index in [4.69, 9.17) is 9.47 Å². The maximum Gasteiger partial charge on any atom is 0.424 e. The van der Waals surface area contributed by atoms with E-state index in [9.17, 15) is 9.59 Å². The first-order chi connectivity index (χ1) is 16.7. The quantitative estimate of drug-likeness (QED) is 0.227. The summed E-state index contributed by atoms with van der Waals surface area (Å²) in [6, 6.07) is 32.5. The fraction of sp³-hybridized carbons (Fsp3) is 0.0345. The number of nitrogens with zero attached hydrogens (tertiary/aromatic N) is 1. The molecule has 0 aliphatic carbocycles. The lowest BCUT2D eigenvalue weighted by Crippen LogP contribution is -2.29. The van der Waals surface area contributed by atoms with Gasteiger partial charge < -0.3 is 9.47 Å². The topological polar surface area (TPSA) is 55.8 Å². The third kappa shape index (κ3) is 5.40. The van der Waals surface area contributed by atoms with Crippen LogP contribution >= 0.6 is 0 Å². The van der Waals surface area contributed by atoms with Gasteiger partial charge in [0.25, 0.3) is 0 Å². The van der Waals surface area contributed by atoms with Crippen molar-refractivity contribution in [2.75, 3.05) is 12.0 Å². The van der Waals surface area contributed by atoms with Crippen LogP contribution in [-0.2, 0) is 0 Å². The van der Waals surface area contributed by atoms with E-state index < -0.39 is 6.09 Å². The van der Waals surface area contributed by atoms with Crippen molar-refractivity contribution in [3.05, 3.63) is 126 Å². The molecule has 0 saturated carbocycles. The molecule has 0 spiro atoms. The van der Waals surface area contributed by atoms with E-state index in [-0.39, 0.29) is 5.78 Å². The van der Waals surface area contributed by atoms with Crippen molar-refractivity contribution in [3.63, 3.8) is 0 Å². The molecule has 1 amide bonds. The van der Waals surface area contributed by atoms with Crippen LogP contribution < -0.4 is 14.4 Å². The predicted octanol–water partition coefficient (Wildman–Crippen LogP) is 6.93. The fourth-order valence-corrected chi connectivity index (χ4v) is 3.41. The van der Waals surface area contributed by atoms with Crippen LogP contribution in [0.4, 0.5) is 16.2 Å². The minimum Gasteiger partial charge on any atom is -0.496 e. The van der Waals surface area contributed by atoms with E-state index in [1.54, 1.807) is 37.5 Å². The smallest absolute Gasteiger partial charge is 0.424 e. The number of carbonyl (C=O) groups is 2. The minimum atomic E-state index is -0.549. The largest absolute Gasteiger partial charge is 0.496 e. The monoisotopic (exact) mass is 449 g/mol. The van der Waals surface area contributed by atoms with Gasteiger partial charge in [-0.1, -0.05) is 54.6 Å². The minimum absolute atomic E-state index is 0.168. The molecule has 0 radical (unpaired) electrons. The van der Waals surface area contributed by atoms with Crippen LogP contribution in [0, 0.1) is 0 Å². The molecule has 0 aliphatic heterocycles. The van der Waals surface area contributed by atoms with E-state index in [2.05, 4.69) is 0 Å². The maximum absolute atomic E-state index is 13.1. The van der Waals surface area contributed by atoms with Gasteiger partial charge in [-0.15, -0.1) is 0 Å². The van der Waals surface area contributed by atoms with Gasteiger partial charge in [-0.3, -0.25) is 4.79 Å². The molecular weight excluding hydrogens is 426 g/mol. The Morgan fingerprint density at radius 1 is 0.706 bits per heavy atom. The number of benzene rings is 4. The summed E-state index contributed by atoms with van der Waals surface area (Å²) in [6.07, 6.45) is 2.66. The standard InChI is InChI=1S/C29H23NO4/c1-33-28-15-9-8-10-23(28)18-21-27(31)22-16-19-26(20-17-22)34-29(32)30(24-11-4-2-5-12-24)25-13-6-3-7-14-25/h2-21H,1H3. The highest BCUT2D eigenvalue weighted by atomic mass is 16.6. The second kappa shape index (κ2) is 10.8. The van der Waals surface area contributed by atoms with E-state index in [1.807, 2.05) is 84.9 Å². The normalized spacial score (nSPS) is 10.6. The maximum atomic E-state index is 13.1. The molecule has 0 aromatic heterocycles. The molecule has 5 nitrogen and oxygen atoms in total. The lowest BCUT2D eigenvalue weighted by molar-refractivity contribution is 0.104. The number of carbonyl (C=O) groups excluding carboxylic acids is 2. The van der Waals surface area contributed by atoms with Crippen molar-refractivity contribution < 1.29 is 19.1 Å². The molecule has 0 atom stereocenters. The summed E-state index contributed by atoms with van der Waals surface area (Å²) in [7, 11) is 1.59. The van der Waals surface area contributed by atoms with Crippen LogP contribution in [0.2, 0.25) is 0 Å². The summed E-state index contributed by atoms with van der Waals surface area (Å²) in [5.74, 6) is 0.862. The summed E-state index contributed by atoms with van der Waals surface area (Å²) in [5, 5.41) is 0. The summed E-state index contributed by atoms with van der Waals surface area (Å²) >= 11 is 0. The van der Waals surface area contributed by atoms with Gasteiger partial charge in [0, 0.05) is 11.1 Å². The zero-order valence-corrected chi connectivity index (χ0v) is 18.6. The van der Waals surface area contributed by atoms with Crippen molar-refractivity contribution in [3.8, 4) is 11.5 Å². The SMILES string of the molecule is COc1ccccc1C=CC(=O)c1ccc(OC(=O)N(c2ccccc2)c2ccccc2)cc1. The number of anilines is 2. The first-order valence-corrected chi connectivity index (χ1v) is 10.7.